The van der Waals surface area contributed by atoms with Gasteiger partial charge in [-0.25, -0.2) is 22.2 Å². The van der Waals surface area contributed by atoms with Gasteiger partial charge in [-0.05, 0) is 32.4 Å². The molecule has 0 atom stereocenters. The van der Waals surface area contributed by atoms with Crippen LogP contribution in [0.4, 0.5) is 20.5 Å². The first kappa shape index (κ1) is 22.4. The lowest BCUT2D eigenvalue weighted by Gasteiger charge is -2.23. The van der Waals surface area contributed by atoms with E-state index in [0.29, 0.717) is 28.5 Å². The van der Waals surface area contributed by atoms with Gasteiger partial charge in [0.2, 0.25) is 5.95 Å². The number of nitrogens with zero attached hydrogens (tertiary/aromatic N) is 5. The number of hydrogen-bond acceptors (Lipinski definition) is 7. The minimum absolute atomic E-state index is 0.165. The van der Waals surface area contributed by atoms with Gasteiger partial charge >= 0.3 is 0 Å². The standard InChI is InChI=1S/C21H26F2N6O2S/c1-20(2,3)27-19-25-17(28-10-9-21(22,23)12-28)16-18(26-19)29(13-24-16)11-14-7-5-6-8-15(14)32(4,30)31/h5-8,13H,9-12H2,1-4H3,(H,25,26,27). The lowest BCUT2D eigenvalue weighted by Crippen LogP contribution is -2.29. The number of halogens is 2. The van der Waals surface area contributed by atoms with E-state index in [9.17, 15) is 17.2 Å². The van der Waals surface area contributed by atoms with E-state index in [2.05, 4.69) is 20.3 Å². The Balaban J connectivity index is 1.82. The lowest BCUT2D eigenvalue weighted by molar-refractivity contribution is 0.0257. The Labute approximate surface area is 185 Å². The third-order valence-electron chi connectivity index (χ3n) is 5.11. The molecule has 0 radical (unpaired) electrons. The Bertz CT molecular complexity index is 1270. The van der Waals surface area contributed by atoms with E-state index in [4.69, 9.17) is 0 Å². The summed E-state index contributed by atoms with van der Waals surface area (Å²) in [5, 5.41) is 3.20. The second kappa shape index (κ2) is 7.65. The van der Waals surface area contributed by atoms with Crippen molar-refractivity contribution in [3.8, 4) is 0 Å². The van der Waals surface area contributed by atoms with E-state index in [1.165, 1.54) is 11.2 Å². The van der Waals surface area contributed by atoms with Crippen molar-refractivity contribution in [2.75, 3.05) is 29.6 Å². The quantitative estimate of drug-likeness (QED) is 0.619. The van der Waals surface area contributed by atoms with E-state index in [0.717, 1.165) is 6.26 Å². The number of imidazole rings is 1. The SMILES string of the molecule is CC(C)(C)Nc1nc(N2CCC(F)(F)C2)c2ncn(Cc3ccccc3S(C)(=O)=O)c2n1. The number of benzene rings is 1. The molecular weight excluding hydrogens is 438 g/mol. The predicted octanol–water partition coefficient (Wildman–Crippen LogP) is 3.33. The van der Waals surface area contributed by atoms with Crippen molar-refractivity contribution >= 4 is 32.8 Å². The molecule has 1 aliphatic heterocycles. The molecular formula is C21H26F2N6O2S. The normalized spacial score (nSPS) is 16.6. The van der Waals surface area contributed by atoms with Crippen molar-refractivity contribution in [1.82, 2.24) is 19.5 Å². The van der Waals surface area contributed by atoms with Gasteiger partial charge in [0.05, 0.1) is 24.3 Å². The number of rotatable bonds is 5. The van der Waals surface area contributed by atoms with Crippen LogP contribution < -0.4 is 10.2 Å². The molecule has 0 saturated carbocycles. The van der Waals surface area contributed by atoms with Crippen molar-refractivity contribution in [2.45, 2.75) is 50.1 Å². The molecule has 32 heavy (non-hydrogen) atoms. The van der Waals surface area contributed by atoms with Crippen molar-refractivity contribution in [1.29, 1.82) is 0 Å². The minimum Gasteiger partial charge on any atom is -0.350 e. The Kier molecular flexibility index (Phi) is 5.35. The van der Waals surface area contributed by atoms with Crippen LogP contribution in [0.5, 0.6) is 0 Å². The average molecular weight is 465 g/mol. The van der Waals surface area contributed by atoms with Crippen LogP contribution >= 0.6 is 0 Å². The van der Waals surface area contributed by atoms with Gasteiger partial charge in [-0.1, -0.05) is 18.2 Å². The lowest BCUT2D eigenvalue weighted by atomic mass is 10.1. The molecule has 8 nitrogen and oxygen atoms in total. The monoisotopic (exact) mass is 464 g/mol. The number of alkyl halides is 2. The van der Waals surface area contributed by atoms with E-state index in [1.54, 1.807) is 28.8 Å². The highest BCUT2D eigenvalue weighted by atomic mass is 32.2. The first-order valence-electron chi connectivity index (χ1n) is 10.2. The van der Waals surface area contributed by atoms with Gasteiger partial charge in [0, 0.05) is 24.8 Å². The van der Waals surface area contributed by atoms with Crippen molar-refractivity contribution in [2.24, 2.45) is 0 Å². The van der Waals surface area contributed by atoms with Gasteiger partial charge in [-0.3, -0.25) is 0 Å². The van der Waals surface area contributed by atoms with Gasteiger partial charge < -0.3 is 14.8 Å². The molecule has 0 aliphatic carbocycles. The van der Waals surface area contributed by atoms with E-state index in [1.807, 2.05) is 20.8 Å². The highest BCUT2D eigenvalue weighted by Crippen LogP contribution is 2.34. The zero-order valence-electron chi connectivity index (χ0n) is 18.4. The summed E-state index contributed by atoms with van der Waals surface area (Å²) in [6.07, 6.45) is 2.46. The average Bonchev–Trinajstić information content (AvgIpc) is 3.22. The molecule has 2 aromatic heterocycles. The first-order chi connectivity index (χ1) is 14.8. The first-order valence-corrected chi connectivity index (χ1v) is 12.1. The second-order valence-electron chi connectivity index (χ2n) is 9.20. The Hall–Kier alpha value is -2.82. The number of nitrogens with one attached hydrogen (secondary N) is 1. The van der Waals surface area contributed by atoms with Crippen LogP contribution in [0, 0.1) is 0 Å². The number of aromatic nitrogens is 4. The summed E-state index contributed by atoms with van der Waals surface area (Å²) in [4.78, 5) is 15.3. The molecule has 1 saturated heterocycles. The van der Waals surface area contributed by atoms with Crippen LogP contribution in [0.25, 0.3) is 11.2 Å². The highest BCUT2D eigenvalue weighted by molar-refractivity contribution is 7.90. The van der Waals surface area contributed by atoms with Crippen LogP contribution in [0.2, 0.25) is 0 Å². The van der Waals surface area contributed by atoms with Crippen LogP contribution in [0.15, 0.2) is 35.5 Å². The second-order valence-corrected chi connectivity index (χ2v) is 11.2. The van der Waals surface area contributed by atoms with Gasteiger partial charge in [0.25, 0.3) is 5.92 Å². The molecule has 172 valence electrons. The number of anilines is 2. The zero-order chi connectivity index (χ0) is 23.3. The van der Waals surface area contributed by atoms with E-state index < -0.39 is 22.3 Å². The fraction of sp³-hybridized carbons (Fsp3) is 0.476. The fourth-order valence-corrected chi connectivity index (χ4v) is 4.69. The molecule has 0 amide bonds. The smallest absolute Gasteiger partial charge is 0.266 e. The summed E-state index contributed by atoms with van der Waals surface area (Å²) in [6, 6.07) is 6.73. The Morgan fingerprint density at radius 2 is 1.91 bits per heavy atom. The minimum atomic E-state index is -3.43. The summed E-state index contributed by atoms with van der Waals surface area (Å²) >= 11 is 0. The van der Waals surface area contributed by atoms with Crippen LogP contribution in [0.3, 0.4) is 0 Å². The molecule has 1 fully saturated rings. The van der Waals surface area contributed by atoms with Gasteiger partial charge in [0.15, 0.2) is 26.8 Å². The van der Waals surface area contributed by atoms with Crippen LogP contribution in [0.1, 0.15) is 32.8 Å². The molecule has 1 aliphatic rings. The predicted molar refractivity (Wildman–Crippen MR) is 119 cm³/mol. The maximum absolute atomic E-state index is 13.9. The van der Waals surface area contributed by atoms with Crippen LogP contribution in [-0.2, 0) is 16.4 Å². The van der Waals surface area contributed by atoms with Crippen molar-refractivity contribution in [3.63, 3.8) is 0 Å². The number of fused-ring (bicyclic) bond motifs is 1. The third kappa shape index (κ3) is 4.67. The molecule has 1 aromatic carbocycles. The largest absolute Gasteiger partial charge is 0.350 e. The maximum Gasteiger partial charge on any atom is 0.266 e. The van der Waals surface area contributed by atoms with E-state index in [-0.39, 0.29) is 29.9 Å². The third-order valence-corrected chi connectivity index (χ3v) is 6.31. The molecule has 3 aromatic rings. The molecule has 11 heteroatoms. The molecule has 0 spiro atoms. The summed E-state index contributed by atoms with van der Waals surface area (Å²) in [5.41, 5.74) is 1.08. The summed E-state index contributed by atoms with van der Waals surface area (Å²) in [7, 11) is -3.43. The van der Waals surface area contributed by atoms with Gasteiger partial charge in [-0.15, -0.1) is 0 Å². The van der Waals surface area contributed by atoms with Gasteiger partial charge in [0.1, 0.15) is 0 Å². The zero-order valence-corrected chi connectivity index (χ0v) is 19.2. The summed E-state index contributed by atoms with van der Waals surface area (Å²) in [5.74, 6) is -2.14. The number of sulfone groups is 1. The van der Waals surface area contributed by atoms with E-state index >= 15 is 0 Å². The summed E-state index contributed by atoms with van der Waals surface area (Å²) in [6.45, 7) is 5.79. The van der Waals surface area contributed by atoms with Gasteiger partial charge in [-0.2, -0.15) is 9.97 Å². The topological polar surface area (TPSA) is 93.0 Å². The Morgan fingerprint density at radius 3 is 2.53 bits per heavy atom. The number of hydrogen-bond donors (Lipinski definition) is 1. The summed E-state index contributed by atoms with van der Waals surface area (Å²) < 4.78 is 54.0. The maximum atomic E-state index is 13.9. The molecule has 4 rings (SSSR count). The molecule has 0 unspecified atom stereocenters. The van der Waals surface area contributed by atoms with Crippen molar-refractivity contribution < 1.29 is 17.2 Å². The van der Waals surface area contributed by atoms with Crippen molar-refractivity contribution in [3.05, 3.63) is 36.2 Å². The molecule has 0 bridgehead atoms. The fourth-order valence-electron chi connectivity index (χ4n) is 3.75. The molecule has 3 heterocycles. The Morgan fingerprint density at radius 1 is 1.19 bits per heavy atom. The van der Waals surface area contributed by atoms with Crippen LogP contribution in [-0.4, -0.2) is 58.7 Å². The molecule has 1 N–H and O–H groups in total. The highest BCUT2D eigenvalue weighted by Gasteiger charge is 2.40.